The van der Waals surface area contributed by atoms with Gasteiger partial charge in [0, 0.05) is 0 Å². The monoisotopic (exact) mass is 547 g/mol. The summed E-state index contributed by atoms with van der Waals surface area (Å²) in [6.45, 7) is -0.937. The fourth-order valence-corrected chi connectivity index (χ4v) is 5.99. The summed E-state index contributed by atoms with van der Waals surface area (Å²) in [6, 6.07) is 0. The number of nitrogens with zero attached hydrogens (tertiary/aromatic N) is 2. The van der Waals surface area contributed by atoms with Crippen molar-refractivity contribution in [1.82, 2.24) is 9.55 Å². The van der Waals surface area contributed by atoms with Crippen molar-refractivity contribution >= 4 is 29.3 Å². The SMILES string of the molecule is C[C@@H](OP(=O)(O)OP(=O)(O)OP(=O)(O)O)[C@H]1O[C@@H](n2cc(F)c(N)nc2=O)[C@@](O)(CF)C1O. The standard InChI is InChI=1S/C11H18F2N3O14P3/c1-4(28-32(23,24)30-33(25,26)29-31(20,21)22)6-7(17)11(19,3-12)9(27-6)16-2-5(13)8(14)15-10(16)18/h2,4,6-7,9,17,19H,3H2,1H3,(H,23,24)(H,25,26)(H2,14,15,18)(H2,20,21,22)/t4-,6-,7?,9-,11-/m1/s1. The lowest BCUT2D eigenvalue weighted by Gasteiger charge is -2.29. The van der Waals surface area contributed by atoms with Gasteiger partial charge in [0.25, 0.3) is 0 Å². The molecule has 0 amide bonds. The topological polar surface area (TPSA) is 270 Å². The molecule has 3 unspecified atom stereocenters. The highest BCUT2D eigenvalue weighted by Gasteiger charge is 2.59. The van der Waals surface area contributed by atoms with Crippen molar-refractivity contribution in [3.8, 4) is 0 Å². The predicted molar refractivity (Wildman–Crippen MR) is 98.1 cm³/mol. The van der Waals surface area contributed by atoms with Crippen LogP contribution in [0.3, 0.4) is 0 Å². The van der Waals surface area contributed by atoms with E-state index in [1.165, 1.54) is 0 Å². The van der Waals surface area contributed by atoms with Gasteiger partial charge in [-0.3, -0.25) is 9.09 Å². The average Bonchev–Trinajstić information content (AvgIpc) is 2.87. The van der Waals surface area contributed by atoms with Crippen LogP contribution in [-0.4, -0.2) is 69.9 Å². The molecule has 190 valence electrons. The predicted octanol–water partition coefficient (Wildman–Crippen LogP) is -1.34. The number of hydrogen-bond acceptors (Lipinski definition) is 12. The van der Waals surface area contributed by atoms with Gasteiger partial charge in [0.15, 0.2) is 23.5 Å². The Labute approximate surface area is 181 Å². The zero-order chi connectivity index (χ0) is 25.6. The van der Waals surface area contributed by atoms with E-state index in [0.29, 0.717) is 6.20 Å². The molecule has 1 aromatic rings. The minimum Gasteiger partial charge on any atom is -0.387 e. The van der Waals surface area contributed by atoms with Gasteiger partial charge in [-0.15, -0.1) is 0 Å². The zero-order valence-corrected chi connectivity index (χ0v) is 18.8. The van der Waals surface area contributed by atoms with Crippen LogP contribution in [0.1, 0.15) is 13.2 Å². The summed E-state index contributed by atoms with van der Waals surface area (Å²) >= 11 is 0. The van der Waals surface area contributed by atoms with Gasteiger partial charge >= 0.3 is 29.2 Å². The highest BCUT2D eigenvalue weighted by atomic mass is 31.3. The molecule has 22 heteroatoms. The third kappa shape index (κ3) is 6.49. The lowest BCUT2D eigenvalue weighted by atomic mass is 9.93. The number of nitrogens with two attached hydrogens (primary N) is 1. The van der Waals surface area contributed by atoms with Gasteiger partial charge in [-0.25, -0.2) is 27.3 Å². The van der Waals surface area contributed by atoms with Crippen molar-refractivity contribution in [2.45, 2.75) is 37.1 Å². The smallest absolute Gasteiger partial charge is 0.387 e. The van der Waals surface area contributed by atoms with E-state index >= 15 is 0 Å². The zero-order valence-electron chi connectivity index (χ0n) is 16.1. The number of hydrogen-bond donors (Lipinski definition) is 7. The van der Waals surface area contributed by atoms with Crippen LogP contribution in [0.2, 0.25) is 0 Å². The largest absolute Gasteiger partial charge is 0.490 e. The van der Waals surface area contributed by atoms with E-state index in [-0.39, 0.29) is 4.57 Å². The molecule has 0 bridgehead atoms. The Kier molecular flexibility index (Phi) is 8.05. The van der Waals surface area contributed by atoms with Crippen LogP contribution >= 0.6 is 23.5 Å². The van der Waals surface area contributed by atoms with Gasteiger partial charge in [-0.05, 0) is 6.92 Å². The molecule has 1 aromatic heterocycles. The van der Waals surface area contributed by atoms with Gasteiger partial charge in [-0.2, -0.15) is 13.6 Å². The molecule has 7 atom stereocenters. The molecule has 0 saturated carbocycles. The summed E-state index contributed by atoms with van der Waals surface area (Å²) < 4.78 is 78.3. The number of aromatic nitrogens is 2. The Bertz CT molecular complexity index is 1100. The fraction of sp³-hybridized carbons (Fsp3) is 0.636. The molecule has 2 heterocycles. The Morgan fingerprint density at radius 3 is 2.36 bits per heavy atom. The number of aliphatic hydroxyl groups is 2. The summed E-state index contributed by atoms with van der Waals surface area (Å²) in [7, 11) is -17.2. The maximum atomic E-state index is 13.7. The van der Waals surface area contributed by atoms with Gasteiger partial charge < -0.3 is 40.3 Å². The second-order valence-electron chi connectivity index (χ2n) is 6.59. The summed E-state index contributed by atoms with van der Waals surface area (Å²) in [6.07, 6.45) is -7.96. The maximum absolute atomic E-state index is 13.7. The van der Waals surface area contributed by atoms with Crippen LogP contribution in [0.4, 0.5) is 14.6 Å². The number of anilines is 1. The van der Waals surface area contributed by atoms with Crippen LogP contribution in [0.5, 0.6) is 0 Å². The Morgan fingerprint density at radius 2 is 1.85 bits per heavy atom. The summed E-state index contributed by atoms with van der Waals surface area (Å²) in [5, 5.41) is 20.8. The number of phosphoric ester groups is 1. The first kappa shape index (κ1) is 28.1. The van der Waals surface area contributed by atoms with Gasteiger partial charge in [0.05, 0.1) is 12.3 Å². The van der Waals surface area contributed by atoms with Crippen molar-refractivity contribution in [1.29, 1.82) is 0 Å². The first-order valence-corrected chi connectivity index (χ1v) is 12.8. The molecule has 0 radical (unpaired) electrons. The van der Waals surface area contributed by atoms with Gasteiger partial charge in [0.2, 0.25) is 0 Å². The van der Waals surface area contributed by atoms with E-state index in [2.05, 4.69) is 18.1 Å². The van der Waals surface area contributed by atoms with E-state index in [1.807, 2.05) is 0 Å². The van der Waals surface area contributed by atoms with E-state index in [4.69, 9.17) is 25.2 Å². The Hall–Kier alpha value is -1.17. The fourth-order valence-electron chi connectivity index (χ4n) is 2.79. The Morgan fingerprint density at radius 1 is 1.27 bits per heavy atom. The van der Waals surface area contributed by atoms with Crippen LogP contribution in [-0.2, 0) is 31.6 Å². The van der Waals surface area contributed by atoms with Crippen molar-refractivity contribution in [2.24, 2.45) is 0 Å². The van der Waals surface area contributed by atoms with Crippen molar-refractivity contribution in [3.05, 3.63) is 22.5 Å². The van der Waals surface area contributed by atoms with E-state index in [0.717, 1.165) is 6.92 Å². The minimum absolute atomic E-state index is 0.242. The molecule has 8 N–H and O–H groups in total. The van der Waals surface area contributed by atoms with E-state index < -0.39 is 77.6 Å². The minimum atomic E-state index is -5.87. The van der Waals surface area contributed by atoms with Crippen molar-refractivity contribution in [2.75, 3.05) is 12.4 Å². The second-order valence-corrected chi connectivity index (χ2v) is 11.0. The Balaban J connectivity index is 2.29. The van der Waals surface area contributed by atoms with Crippen LogP contribution < -0.4 is 11.4 Å². The highest BCUT2D eigenvalue weighted by molar-refractivity contribution is 7.66. The second kappa shape index (κ2) is 9.47. The summed E-state index contributed by atoms with van der Waals surface area (Å²) in [4.78, 5) is 50.8. The average molecular weight is 547 g/mol. The lowest BCUT2D eigenvalue weighted by Crippen LogP contribution is -2.51. The van der Waals surface area contributed by atoms with Crippen LogP contribution in [0, 0.1) is 5.82 Å². The van der Waals surface area contributed by atoms with Crippen LogP contribution in [0.15, 0.2) is 11.0 Å². The molecule has 0 spiro atoms. The number of rotatable bonds is 9. The van der Waals surface area contributed by atoms with Crippen LogP contribution in [0.25, 0.3) is 0 Å². The van der Waals surface area contributed by atoms with Gasteiger partial charge in [0.1, 0.15) is 18.9 Å². The van der Waals surface area contributed by atoms with Crippen molar-refractivity contribution < 1.29 is 70.1 Å². The number of halogens is 2. The molecule has 2 rings (SSSR count). The first-order chi connectivity index (χ1) is 14.8. The molecule has 0 aromatic carbocycles. The summed E-state index contributed by atoms with van der Waals surface area (Å²) in [5.41, 5.74) is 0.842. The van der Waals surface area contributed by atoms with E-state index in [1.54, 1.807) is 0 Å². The number of alkyl halides is 1. The number of ether oxygens (including phenoxy) is 1. The third-order valence-electron chi connectivity index (χ3n) is 4.12. The molecule has 1 saturated heterocycles. The normalized spacial score (nSPS) is 30.5. The number of aliphatic hydroxyl groups excluding tert-OH is 1. The van der Waals surface area contributed by atoms with Crippen molar-refractivity contribution in [3.63, 3.8) is 0 Å². The third-order valence-corrected chi connectivity index (χ3v) is 8.04. The quantitative estimate of drug-likeness (QED) is 0.176. The molecule has 1 aliphatic rings. The van der Waals surface area contributed by atoms with E-state index in [9.17, 15) is 42.4 Å². The number of phosphoric acid groups is 3. The molecule has 17 nitrogen and oxygen atoms in total. The van der Waals surface area contributed by atoms with Gasteiger partial charge in [-0.1, -0.05) is 0 Å². The maximum Gasteiger partial charge on any atom is 0.490 e. The molecular formula is C11H18F2N3O14P3. The summed E-state index contributed by atoms with van der Waals surface area (Å²) in [5.74, 6) is -2.12. The molecule has 1 fully saturated rings. The lowest BCUT2D eigenvalue weighted by molar-refractivity contribution is -0.122. The highest BCUT2D eigenvalue weighted by Crippen LogP contribution is 2.66. The molecule has 1 aliphatic heterocycles. The number of nitrogen functional groups attached to an aromatic ring is 1. The first-order valence-electron chi connectivity index (χ1n) is 8.30. The molecule has 33 heavy (non-hydrogen) atoms. The molecular weight excluding hydrogens is 529 g/mol. The molecule has 0 aliphatic carbocycles.